The largest absolute Gasteiger partial charge is 0.484 e. The SMILES string of the molecule is Cc1ccc(Oc2ccc(OCC(=O)Nc3cccc(-n4nnnc4C)c3)cc2)cc1. The lowest BCUT2D eigenvalue weighted by atomic mass is 10.2. The molecule has 156 valence electrons. The second-order valence-corrected chi connectivity index (χ2v) is 6.91. The maximum Gasteiger partial charge on any atom is 0.262 e. The van der Waals surface area contributed by atoms with Crippen LogP contribution < -0.4 is 14.8 Å². The summed E-state index contributed by atoms with van der Waals surface area (Å²) in [5.74, 6) is 2.41. The van der Waals surface area contributed by atoms with Crippen LogP contribution in [0.15, 0.2) is 72.8 Å². The lowest BCUT2D eigenvalue weighted by Gasteiger charge is -2.10. The third-order valence-corrected chi connectivity index (χ3v) is 4.45. The average Bonchev–Trinajstić information content (AvgIpc) is 3.21. The molecule has 3 aromatic carbocycles. The number of hydrogen-bond acceptors (Lipinski definition) is 6. The number of hydrogen-bond donors (Lipinski definition) is 1. The fourth-order valence-electron chi connectivity index (χ4n) is 2.88. The molecule has 0 atom stereocenters. The van der Waals surface area contributed by atoms with Crippen molar-refractivity contribution in [3.05, 3.63) is 84.2 Å². The molecule has 0 saturated heterocycles. The summed E-state index contributed by atoms with van der Waals surface area (Å²) in [4.78, 5) is 12.3. The number of amides is 1. The first-order chi connectivity index (χ1) is 15.1. The Bertz CT molecular complexity index is 1170. The number of nitrogens with one attached hydrogen (secondary N) is 1. The van der Waals surface area contributed by atoms with E-state index in [4.69, 9.17) is 9.47 Å². The highest BCUT2D eigenvalue weighted by Crippen LogP contribution is 2.24. The van der Waals surface area contributed by atoms with Crippen molar-refractivity contribution in [1.82, 2.24) is 20.2 Å². The first-order valence-corrected chi connectivity index (χ1v) is 9.69. The predicted octanol–water partition coefficient (Wildman–Crippen LogP) is 4.09. The summed E-state index contributed by atoms with van der Waals surface area (Å²) >= 11 is 0. The van der Waals surface area contributed by atoms with E-state index < -0.39 is 0 Å². The highest BCUT2D eigenvalue weighted by atomic mass is 16.5. The number of carbonyl (C=O) groups excluding carboxylic acids is 1. The van der Waals surface area contributed by atoms with Gasteiger partial charge in [0.25, 0.3) is 5.91 Å². The lowest BCUT2D eigenvalue weighted by molar-refractivity contribution is -0.118. The molecule has 0 aliphatic rings. The zero-order chi connectivity index (χ0) is 21.6. The van der Waals surface area contributed by atoms with Gasteiger partial charge in [0.15, 0.2) is 12.4 Å². The van der Waals surface area contributed by atoms with E-state index in [1.165, 1.54) is 5.56 Å². The Morgan fingerprint density at radius 1 is 0.935 bits per heavy atom. The zero-order valence-corrected chi connectivity index (χ0v) is 17.1. The van der Waals surface area contributed by atoms with Crippen LogP contribution in [0.25, 0.3) is 5.69 Å². The smallest absolute Gasteiger partial charge is 0.262 e. The Balaban J connectivity index is 1.31. The molecule has 0 bridgehead atoms. The molecule has 0 spiro atoms. The van der Waals surface area contributed by atoms with Crippen molar-refractivity contribution in [2.75, 3.05) is 11.9 Å². The van der Waals surface area contributed by atoms with E-state index in [9.17, 15) is 4.79 Å². The summed E-state index contributed by atoms with van der Waals surface area (Å²) in [6.45, 7) is 3.71. The lowest BCUT2D eigenvalue weighted by Crippen LogP contribution is -2.20. The molecule has 1 heterocycles. The second-order valence-electron chi connectivity index (χ2n) is 6.91. The number of aryl methyl sites for hydroxylation is 2. The van der Waals surface area contributed by atoms with Crippen LogP contribution >= 0.6 is 0 Å². The van der Waals surface area contributed by atoms with Crippen LogP contribution in [0.1, 0.15) is 11.4 Å². The van der Waals surface area contributed by atoms with E-state index in [0.29, 0.717) is 23.0 Å². The van der Waals surface area contributed by atoms with Crippen molar-refractivity contribution >= 4 is 11.6 Å². The summed E-state index contributed by atoms with van der Waals surface area (Å²) < 4.78 is 13.0. The molecule has 1 N–H and O–H groups in total. The minimum Gasteiger partial charge on any atom is -0.484 e. The third-order valence-electron chi connectivity index (χ3n) is 4.45. The maximum atomic E-state index is 12.3. The minimum absolute atomic E-state index is 0.119. The number of benzene rings is 3. The highest BCUT2D eigenvalue weighted by Gasteiger charge is 2.08. The molecule has 0 unspecified atom stereocenters. The van der Waals surface area contributed by atoms with Crippen molar-refractivity contribution < 1.29 is 14.3 Å². The van der Waals surface area contributed by atoms with Gasteiger partial charge in [-0.25, -0.2) is 0 Å². The fraction of sp³-hybridized carbons (Fsp3) is 0.130. The average molecular weight is 415 g/mol. The van der Waals surface area contributed by atoms with Gasteiger partial charge in [0.2, 0.25) is 0 Å². The number of nitrogens with zero attached hydrogens (tertiary/aromatic N) is 4. The summed E-state index contributed by atoms with van der Waals surface area (Å²) in [7, 11) is 0. The van der Waals surface area contributed by atoms with Gasteiger partial charge in [0, 0.05) is 5.69 Å². The monoisotopic (exact) mass is 415 g/mol. The Hall–Kier alpha value is -4.20. The quantitative estimate of drug-likeness (QED) is 0.489. The second kappa shape index (κ2) is 9.08. The Morgan fingerprint density at radius 3 is 2.29 bits per heavy atom. The van der Waals surface area contributed by atoms with Crippen molar-refractivity contribution in [2.24, 2.45) is 0 Å². The third kappa shape index (κ3) is 5.24. The Kier molecular flexibility index (Phi) is 5.89. The van der Waals surface area contributed by atoms with Crippen LogP contribution in [-0.4, -0.2) is 32.7 Å². The van der Waals surface area contributed by atoms with Crippen LogP contribution in [0.3, 0.4) is 0 Å². The topological polar surface area (TPSA) is 91.2 Å². The molecule has 8 nitrogen and oxygen atoms in total. The van der Waals surface area contributed by atoms with Crippen LogP contribution in [0, 0.1) is 13.8 Å². The summed E-state index contributed by atoms with van der Waals surface area (Å²) in [5.41, 5.74) is 2.56. The normalized spacial score (nSPS) is 10.5. The fourth-order valence-corrected chi connectivity index (χ4v) is 2.88. The zero-order valence-electron chi connectivity index (χ0n) is 17.1. The number of aromatic nitrogens is 4. The van der Waals surface area contributed by atoms with Crippen molar-refractivity contribution in [3.8, 4) is 22.9 Å². The molecular formula is C23H21N5O3. The molecule has 4 aromatic rings. The highest BCUT2D eigenvalue weighted by molar-refractivity contribution is 5.92. The number of carbonyl (C=O) groups is 1. The number of tetrazole rings is 1. The molecule has 0 aliphatic heterocycles. The Morgan fingerprint density at radius 2 is 1.61 bits per heavy atom. The number of rotatable bonds is 7. The molecule has 4 rings (SSSR count). The first kappa shape index (κ1) is 20.1. The van der Waals surface area contributed by atoms with Gasteiger partial charge < -0.3 is 14.8 Å². The summed E-state index contributed by atoms with van der Waals surface area (Å²) in [6, 6.07) is 22.2. The van der Waals surface area contributed by atoms with Crippen molar-refractivity contribution in [2.45, 2.75) is 13.8 Å². The van der Waals surface area contributed by atoms with Gasteiger partial charge in [-0.15, -0.1) is 5.10 Å². The van der Waals surface area contributed by atoms with Gasteiger partial charge in [-0.2, -0.15) is 4.68 Å². The van der Waals surface area contributed by atoms with Crippen LogP contribution in [0.5, 0.6) is 17.2 Å². The van der Waals surface area contributed by atoms with Crippen molar-refractivity contribution in [1.29, 1.82) is 0 Å². The summed E-state index contributed by atoms with van der Waals surface area (Å²) in [5, 5.41) is 14.2. The molecular weight excluding hydrogens is 394 g/mol. The molecule has 0 aliphatic carbocycles. The van der Waals surface area contributed by atoms with E-state index >= 15 is 0 Å². The minimum atomic E-state index is -0.273. The molecule has 1 amide bonds. The van der Waals surface area contributed by atoms with Gasteiger partial charge in [-0.3, -0.25) is 4.79 Å². The van der Waals surface area contributed by atoms with E-state index in [1.54, 1.807) is 48.0 Å². The molecule has 0 fully saturated rings. The van der Waals surface area contributed by atoms with E-state index in [0.717, 1.165) is 11.4 Å². The van der Waals surface area contributed by atoms with Gasteiger partial charge in [0.1, 0.15) is 17.2 Å². The molecule has 31 heavy (non-hydrogen) atoms. The molecule has 8 heteroatoms. The number of anilines is 1. The Labute approximate surface area is 179 Å². The van der Waals surface area contributed by atoms with Crippen molar-refractivity contribution in [3.63, 3.8) is 0 Å². The van der Waals surface area contributed by atoms with Crippen LogP contribution in [-0.2, 0) is 4.79 Å². The van der Waals surface area contributed by atoms with Gasteiger partial charge in [-0.1, -0.05) is 23.8 Å². The molecule has 1 aromatic heterocycles. The van der Waals surface area contributed by atoms with E-state index in [1.807, 2.05) is 43.3 Å². The molecule has 0 radical (unpaired) electrons. The van der Waals surface area contributed by atoms with Crippen LogP contribution in [0.2, 0.25) is 0 Å². The van der Waals surface area contributed by atoms with Gasteiger partial charge in [-0.05, 0) is 78.9 Å². The molecule has 0 saturated carbocycles. The maximum absolute atomic E-state index is 12.3. The predicted molar refractivity (Wildman–Crippen MR) is 116 cm³/mol. The van der Waals surface area contributed by atoms with E-state index in [-0.39, 0.29) is 12.5 Å². The van der Waals surface area contributed by atoms with Gasteiger partial charge >= 0.3 is 0 Å². The standard InChI is InChI=1S/C23H21N5O3/c1-16-6-8-21(9-7-16)31-22-12-10-20(11-13-22)30-15-23(29)24-18-4-3-5-19(14-18)28-17(2)25-26-27-28/h3-14H,15H2,1-2H3,(H,24,29). The number of ether oxygens (including phenoxy) is 2. The van der Waals surface area contributed by atoms with Gasteiger partial charge in [0.05, 0.1) is 5.69 Å². The summed E-state index contributed by atoms with van der Waals surface area (Å²) in [6.07, 6.45) is 0. The van der Waals surface area contributed by atoms with E-state index in [2.05, 4.69) is 20.8 Å². The first-order valence-electron chi connectivity index (χ1n) is 9.69. The van der Waals surface area contributed by atoms with Crippen LogP contribution in [0.4, 0.5) is 5.69 Å².